The summed E-state index contributed by atoms with van der Waals surface area (Å²) in [6.07, 6.45) is 1.95. The highest BCUT2D eigenvalue weighted by Crippen LogP contribution is 2.23. The zero-order chi connectivity index (χ0) is 15.6. The van der Waals surface area contributed by atoms with Crippen molar-refractivity contribution in [3.63, 3.8) is 0 Å². The molecule has 1 aromatic carbocycles. The number of hydrogen-bond donors (Lipinski definition) is 0. The molecule has 0 unspecified atom stereocenters. The number of aromatic nitrogens is 1. The molecule has 0 aliphatic heterocycles. The smallest absolute Gasteiger partial charge is 0.340 e. The van der Waals surface area contributed by atoms with Gasteiger partial charge in [-0.15, -0.1) is 0 Å². The van der Waals surface area contributed by atoms with Crippen LogP contribution in [0.2, 0.25) is 0 Å². The fourth-order valence-electron chi connectivity index (χ4n) is 2.39. The topological polar surface area (TPSA) is 31.2 Å². The van der Waals surface area contributed by atoms with Crippen molar-refractivity contribution >= 4 is 5.97 Å². The maximum absolute atomic E-state index is 12.2. The zero-order valence-electron chi connectivity index (χ0n) is 13.4. The van der Waals surface area contributed by atoms with Crippen LogP contribution in [0, 0.1) is 6.92 Å². The second-order valence-corrected chi connectivity index (χ2v) is 6.31. The summed E-state index contributed by atoms with van der Waals surface area (Å²) in [5.74, 6) is -0.265. The molecule has 3 heteroatoms. The number of carbonyl (C=O) groups excluding carboxylic acids is 1. The number of nitrogens with zero attached hydrogens (tertiary/aromatic N) is 1. The number of benzene rings is 1. The third-order valence-corrected chi connectivity index (χ3v) is 3.50. The van der Waals surface area contributed by atoms with E-state index in [1.807, 2.05) is 58.2 Å². The number of ether oxygens (including phenoxy) is 1. The maximum atomic E-state index is 12.2. The van der Waals surface area contributed by atoms with Gasteiger partial charge in [0.15, 0.2) is 0 Å². The summed E-state index contributed by atoms with van der Waals surface area (Å²) >= 11 is 0. The van der Waals surface area contributed by atoms with Gasteiger partial charge in [0.05, 0.1) is 11.6 Å². The first-order chi connectivity index (χ1) is 9.79. The van der Waals surface area contributed by atoms with Crippen LogP contribution in [0.15, 0.2) is 42.6 Å². The zero-order valence-corrected chi connectivity index (χ0v) is 13.4. The van der Waals surface area contributed by atoms with Gasteiger partial charge in [0.2, 0.25) is 0 Å². The standard InChI is InChI=1S/C18H23NO2/c1-13(15-9-7-6-8-10-15)19-12-11-16(14(19)2)17(20)21-18(3,4)5/h6-13H,1-5H3/t13-/m1/s1. The van der Waals surface area contributed by atoms with Gasteiger partial charge in [-0.2, -0.15) is 0 Å². The molecule has 3 nitrogen and oxygen atoms in total. The van der Waals surface area contributed by atoms with E-state index in [0.717, 1.165) is 5.69 Å². The molecule has 112 valence electrons. The van der Waals surface area contributed by atoms with Gasteiger partial charge >= 0.3 is 5.97 Å². The Balaban J connectivity index is 2.27. The summed E-state index contributed by atoms with van der Waals surface area (Å²) in [6, 6.07) is 12.3. The van der Waals surface area contributed by atoms with Gasteiger partial charge in [-0.3, -0.25) is 0 Å². The highest BCUT2D eigenvalue weighted by atomic mass is 16.6. The first-order valence-electron chi connectivity index (χ1n) is 7.25. The minimum atomic E-state index is -0.476. The molecule has 0 aliphatic rings. The Labute approximate surface area is 126 Å². The number of rotatable bonds is 3. The average Bonchev–Trinajstić information content (AvgIpc) is 2.79. The van der Waals surface area contributed by atoms with E-state index in [2.05, 4.69) is 23.6 Å². The molecule has 0 bridgehead atoms. The molecule has 2 aromatic rings. The van der Waals surface area contributed by atoms with Crippen LogP contribution < -0.4 is 0 Å². The molecule has 0 saturated heterocycles. The molecule has 1 aromatic heterocycles. The molecular weight excluding hydrogens is 262 g/mol. The van der Waals surface area contributed by atoms with E-state index in [1.165, 1.54) is 5.56 Å². The highest BCUT2D eigenvalue weighted by molar-refractivity contribution is 5.91. The van der Waals surface area contributed by atoms with Gasteiger partial charge in [0, 0.05) is 11.9 Å². The minimum absolute atomic E-state index is 0.183. The predicted octanol–water partition coefficient (Wildman–Crippen LogP) is 4.36. The molecule has 0 spiro atoms. The molecule has 1 atom stereocenters. The Kier molecular flexibility index (Phi) is 4.21. The Bertz CT molecular complexity index is 620. The van der Waals surface area contributed by atoms with Crippen LogP contribution in [0.5, 0.6) is 0 Å². The van der Waals surface area contributed by atoms with E-state index >= 15 is 0 Å². The molecule has 21 heavy (non-hydrogen) atoms. The van der Waals surface area contributed by atoms with Crippen LogP contribution in [0.4, 0.5) is 0 Å². The molecule has 2 rings (SSSR count). The quantitative estimate of drug-likeness (QED) is 0.784. The molecule has 0 N–H and O–H groups in total. The lowest BCUT2D eigenvalue weighted by molar-refractivity contribution is 0.00686. The van der Waals surface area contributed by atoms with Gasteiger partial charge in [0.1, 0.15) is 5.60 Å². The van der Waals surface area contributed by atoms with Crippen molar-refractivity contribution < 1.29 is 9.53 Å². The van der Waals surface area contributed by atoms with Crippen molar-refractivity contribution in [1.29, 1.82) is 0 Å². The van der Waals surface area contributed by atoms with Crippen molar-refractivity contribution in [2.24, 2.45) is 0 Å². The van der Waals surface area contributed by atoms with E-state index in [0.29, 0.717) is 5.56 Å². The Morgan fingerprint density at radius 2 is 1.76 bits per heavy atom. The Morgan fingerprint density at radius 1 is 1.14 bits per heavy atom. The lowest BCUT2D eigenvalue weighted by Crippen LogP contribution is -2.24. The molecule has 0 amide bonds. The number of esters is 1. The predicted molar refractivity (Wildman–Crippen MR) is 84.6 cm³/mol. The van der Waals surface area contributed by atoms with Crippen LogP contribution >= 0.6 is 0 Å². The molecule has 0 radical (unpaired) electrons. The Morgan fingerprint density at radius 3 is 2.33 bits per heavy atom. The van der Waals surface area contributed by atoms with Crippen LogP contribution in [-0.4, -0.2) is 16.1 Å². The third kappa shape index (κ3) is 3.54. The van der Waals surface area contributed by atoms with Crippen LogP contribution in [0.1, 0.15) is 55.4 Å². The number of hydrogen-bond acceptors (Lipinski definition) is 2. The van der Waals surface area contributed by atoms with Crippen molar-refractivity contribution in [2.75, 3.05) is 0 Å². The van der Waals surface area contributed by atoms with Crippen LogP contribution in [0.25, 0.3) is 0 Å². The average molecular weight is 285 g/mol. The lowest BCUT2D eigenvalue weighted by Gasteiger charge is -2.20. The summed E-state index contributed by atoms with van der Waals surface area (Å²) in [7, 11) is 0. The second-order valence-electron chi connectivity index (χ2n) is 6.31. The minimum Gasteiger partial charge on any atom is -0.456 e. The van der Waals surface area contributed by atoms with Crippen LogP contribution in [-0.2, 0) is 4.74 Å². The van der Waals surface area contributed by atoms with E-state index in [1.54, 1.807) is 0 Å². The van der Waals surface area contributed by atoms with E-state index in [-0.39, 0.29) is 12.0 Å². The Hall–Kier alpha value is -2.03. The summed E-state index contributed by atoms with van der Waals surface area (Å²) in [5, 5.41) is 0. The van der Waals surface area contributed by atoms with Gasteiger partial charge < -0.3 is 9.30 Å². The second kappa shape index (κ2) is 5.76. The van der Waals surface area contributed by atoms with Crippen LogP contribution in [0.3, 0.4) is 0 Å². The van der Waals surface area contributed by atoms with E-state index in [4.69, 9.17) is 4.74 Å². The SMILES string of the molecule is Cc1c(C(=O)OC(C)(C)C)ccn1[C@H](C)c1ccccc1. The summed E-state index contributed by atoms with van der Waals surface area (Å²) in [6.45, 7) is 9.72. The van der Waals surface area contributed by atoms with Crippen molar-refractivity contribution in [2.45, 2.75) is 46.3 Å². The number of carbonyl (C=O) groups is 1. The molecule has 0 fully saturated rings. The summed E-state index contributed by atoms with van der Waals surface area (Å²) in [5.41, 5.74) is 2.30. The first-order valence-corrected chi connectivity index (χ1v) is 7.25. The lowest BCUT2D eigenvalue weighted by atomic mass is 10.1. The third-order valence-electron chi connectivity index (χ3n) is 3.50. The first kappa shape index (κ1) is 15.4. The van der Waals surface area contributed by atoms with Gasteiger partial charge in [0.25, 0.3) is 0 Å². The van der Waals surface area contributed by atoms with Gasteiger partial charge in [-0.05, 0) is 46.2 Å². The fourth-order valence-corrected chi connectivity index (χ4v) is 2.39. The molecular formula is C18H23NO2. The molecule has 1 heterocycles. The van der Waals surface area contributed by atoms with Crippen molar-refractivity contribution in [3.8, 4) is 0 Å². The molecule has 0 aliphatic carbocycles. The summed E-state index contributed by atoms with van der Waals surface area (Å²) < 4.78 is 7.56. The normalized spacial score (nSPS) is 13.0. The van der Waals surface area contributed by atoms with Crippen molar-refractivity contribution in [1.82, 2.24) is 4.57 Å². The highest BCUT2D eigenvalue weighted by Gasteiger charge is 2.22. The van der Waals surface area contributed by atoms with E-state index < -0.39 is 5.60 Å². The monoisotopic (exact) mass is 285 g/mol. The van der Waals surface area contributed by atoms with Gasteiger partial charge in [-0.25, -0.2) is 4.79 Å². The molecule has 0 saturated carbocycles. The van der Waals surface area contributed by atoms with Crippen molar-refractivity contribution in [3.05, 3.63) is 59.4 Å². The summed E-state index contributed by atoms with van der Waals surface area (Å²) in [4.78, 5) is 12.2. The maximum Gasteiger partial charge on any atom is 0.340 e. The van der Waals surface area contributed by atoms with Gasteiger partial charge in [-0.1, -0.05) is 30.3 Å². The van der Waals surface area contributed by atoms with E-state index in [9.17, 15) is 4.79 Å². The largest absolute Gasteiger partial charge is 0.456 e. The fraction of sp³-hybridized carbons (Fsp3) is 0.389.